The summed E-state index contributed by atoms with van der Waals surface area (Å²) in [5, 5.41) is 4.06. The molecule has 0 atom stereocenters. The van der Waals surface area contributed by atoms with E-state index in [2.05, 4.69) is 32.0 Å². The minimum atomic E-state index is -0.599. The van der Waals surface area contributed by atoms with Crippen LogP contribution in [0.4, 0.5) is 5.95 Å². The second kappa shape index (κ2) is 13.6. The molecule has 11 nitrogen and oxygen atoms in total. The number of aromatic nitrogens is 6. The van der Waals surface area contributed by atoms with Gasteiger partial charge < -0.3 is 16.4 Å². The van der Waals surface area contributed by atoms with Crippen molar-refractivity contribution in [1.29, 1.82) is 0 Å². The molecule has 0 fully saturated rings. The number of carbonyl (C=O) groups is 2. The van der Waals surface area contributed by atoms with E-state index in [0.29, 0.717) is 23.3 Å². The molecule has 0 radical (unpaired) electrons. The number of hydrogen-bond acceptors (Lipinski definition) is 8. The van der Waals surface area contributed by atoms with Gasteiger partial charge in [0.25, 0.3) is 17.8 Å². The van der Waals surface area contributed by atoms with Gasteiger partial charge in [0.15, 0.2) is 0 Å². The molecule has 11 heteroatoms. The molecule has 0 spiro atoms. The first kappa shape index (κ1) is 28.6. The van der Waals surface area contributed by atoms with Crippen molar-refractivity contribution in [2.24, 2.45) is 11.5 Å². The van der Waals surface area contributed by atoms with Crippen LogP contribution in [-0.2, 0) is 0 Å². The number of hydrogen-bond donors (Lipinski definition) is 2. The zero-order valence-electron chi connectivity index (χ0n) is 22.9. The SMILES string of the molecule is CCCN(CC)c1nc(C(N)=O)cc(-c2ccccc2)n1.NC(=O)c1cc(-c2ccccc2)nc(-n2cccn2)n1. The maximum Gasteiger partial charge on any atom is 0.267 e. The monoisotopic (exact) mass is 549 g/mol. The van der Waals surface area contributed by atoms with Gasteiger partial charge in [-0.25, -0.2) is 24.6 Å². The molecular formula is C30H31N9O2. The van der Waals surface area contributed by atoms with E-state index >= 15 is 0 Å². The predicted octanol–water partition coefficient (Wildman–Crippen LogP) is 3.91. The first-order chi connectivity index (χ1) is 19.9. The molecule has 5 aromatic rings. The molecule has 0 saturated heterocycles. The van der Waals surface area contributed by atoms with Crippen molar-refractivity contribution in [2.45, 2.75) is 20.3 Å². The summed E-state index contributed by atoms with van der Waals surface area (Å²) in [5.74, 6) is -0.277. The maximum atomic E-state index is 11.5. The van der Waals surface area contributed by atoms with Gasteiger partial charge in [0, 0.05) is 36.6 Å². The van der Waals surface area contributed by atoms with Gasteiger partial charge in [-0.15, -0.1) is 0 Å². The lowest BCUT2D eigenvalue weighted by Crippen LogP contribution is -2.27. The predicted molar refractivity (Wildman–Crippen MR) is 157 cm³/mol. The molecule has 0 aliphatic carbocycles. The van der Waals surface area contributed by atoms with E-state index in [-0.39, 0.29) is 11.4 Å². The molecular weight excluding hydrogens is 518 g/mol. The Bertz CT molecular complexity index is 1590. The van der Waals surface area contributed by atoms with Crippen LogP contribution in [0.25, 0.3) is 28.5 Å². The first-order valence-electron chi connectivity index (χ1n) is 13.1. The Morgan fingerprint density at radius 2 is 1.32 bits per heavy atom. The second-order valence-corrected chi connectivity index (χ2v) is 8.87. The lowest BCUT2D eigenvalue weighted by Gasteiger charge is -2.21. The summed E-state index contributed by atoms with van der Waals surface area (Å²) in [6.45, 7) is 5.76. The van der Waals surface area contributed by atoms with Gasteiger partial charge in [-0.3, -0.25) is 9.59 Å². The van der Waals surface area contributed by atoms with Gasteiger partial charge >= 0.3 is 0 Å². The Morgan fingerprint density at radius 1 is 0.756 bits per heavy atom. The molecule has 5 rings (SSSR count). The van der Waals surface area contributed by atoms with Gasteiger partial charge in [-0.2, -0.15) is 5.10 Å². The minimum Gasteiger partial charge on any atom is -0.364 e. The highest BCUT2D eigenvalue weighted by molar-refractivity contribution is 5.92. The smallest absolute Gasteiger partial charge is 0.267 e. The van der Waals surface area contributed by atoms with Crippen LogP contribution < -0.4 is 16.4 Å². The lowest BCUT2D eigenvalue weighted by atomic mass is 10.1. The molecule has 3 heterocycles. The number of primary amides is 2. The molecule has 0 aliphatic heterocycles. The van der Waals surface area contributed by atoms with E-state index in [4.69, 9.17) is 11.5 Å². The number of anilines is 1. The van der Waals surface area contributed by atoms with Crippen LogP contribution in [0.5, 0.6) is 0 Å². The molecule has 4 N–H and O–H groups in total. The topological polar surface area (TPSA) is 159 Å². The summed E-state index contributed by atoms with van der Waals surface area (Å²) < 4.78 is 1.48. The van der Waals surface area contributed by atoms with Gasteiger partial charge in [0.1, 0.15) is 11.4 Å². The summed E-state index contributed by atoms with van der Waals surface area (Å²) in [5.41, 5.74) is 14.3. The number of carbonyl (C=O) groups excluding carboxylic acids is 2. The fourth-order valence-corrected chi connectivity index (χ4v) is 3.94. The van der Waals surface area contributed by atoms with Crippen LogP contribution in [0.1, 0.15) is 41.2 Å². The first-order valence-corrected chi connectivity index (χ1v) is 13.1. The summed E-state index contributed by atoms with van der Waals surface area (Å²) in [7, 11) is 0. The summed E-state index contributed by atoms with van der Waals surface area (Å²) in [6, 6.07) is 24.2. The average Bonchev–Trinajstić information content (AvgIpc) is 3.56. The van der Waals surface area contributed by atoms with Crippen molar-refractivity contribution in [1.82, 2.24) is 29.7 Å². The molecule has 0 bridgehead atoms. The van der Waals surface area contributed by atoms with Crippen LogP contribution in [0.2, 0.25) is 0 Å². The van der Waals surface area contributed by atoms with Crippen LogP contribution >= 0.6 is 0 Å². The molecule has 2 aromatic carbocycles. The Balaban J connectivity index is 0.000000189. The molecule has 41 heavy (non-hydrogen) atoms. The van der Waals surface area contributed by atoms with Crippen LogP contribution in [0.15, 0.2) is 91.3 Å². The molecule has 0 aliphatic rings. The third-order valence-corrected chi connectivity index (χ3v) is 5.94. The van der Waals surface area contributed by atoms with Gasteiger partial charge in [-0.1, -0.05) is 67.6 Å². The number of benzene rings is 2. The minimum absolute atomic E-state index is 0.157. The molecule has 0 saturated carbocycles. The zero-order valence-corrected chi connectivity index (χ0v) is 22.9. The Morgan fingerprint density at radius 3 is 1.80 bits per heavy atom. The summed E-state index contributed by atoms with van der Waals surface area (Å²) in [6.07, 6.45) is 4.30. The number of amides is 2. The van der Waals surface area contributed by atoms with Crippen molar-refractivity contribution < 1.29 is 9.59 Å². The number of rotatable bonds is 9. The van der Waals surface area contributed by atoms with E-state index in [1.54, 1.807) is 30.6 Å². The Kier molecular flexibility index (Phi) is 9.45. The summed E-state index contributed by atoms with van der Waals surface area (Å²) in [4.78, 5) is 42.4. The van der Waals surface area contributed by atoms with Crippen molar-refractivity contribution in [3.05, 3.63) is 103 Å². The highest BCUT2D eigenvalue weighted by Crippen LogP contribution is 2.21. The standard InChI is InChI=1S/C16H20N4O.C14H11N5O/c1-3-10-20(4-2)16-18-13(11-14(19-16)15(17)21)12-8-6-5-7-9-12;15-13(20)12-9-11(10-5-2-1-3-6-10)17-14(18-12)19-8-4-7-16-19/h5-9,11H,3-4,10H2,1-2H3,(H2,17,21);1-9H,(H2,15,20). The van der Waals surface area contributed by atoms with E-state index in [1.165, 1.54) is 4.68 Å². The maximum absolute atomic E-state index is 11.5. The highest BCUT2D eigenvalue weighted by atomic mass is 16.1. The van der Waals surface area contributed by atoms with Crippen molar-refractivity contribution in [3.63, 3.8) is 0 Å². The van der Waals surface area contributed by atoms with E-state index < -0.39 is 11.8 Å². The third-order valence-electron chi connectivity index (χ3n) is 5.94. The normalized spacial score (nSPS) is 10.4. The fraction of sp³-hybridized carbons (Fsp3) is 0.167. The Hall–Kier alpha value is -5.45. The number of nitrogens with two attached hydrogens (primary N) is 2. The molecule has 0 unspecified atom stereocenters. The fourth-order valence-electron chi connectivity index (χ4n) is 3.94. The van der Waals surface area contributed by atoms with Crippen molar-refractivity contribution >= 4 is 17.8 Å². The van der Waals surface area contributed by atoms with Crippen LogP contribution in [-0.4, -0.2) is 54.6 Å². The molecule has 3 aromatic heterocycles. The highest BCUT2D eigenvalue weighted by Gasteiger charge is 2.14. The zero-order chi connectivity index (χ0) is 29.2. The largest absolute Gasteiger partial charge is 0.364 e. The number of nitrogens with zero attached hydrogens (tertiary/aromatic N) is 7. The van der Waals surface area contributed by atoms with E-state index in [1.807, 2.05) is 72.5 Å². The van der Waals surface area contributed by atoms with Crippen LogP contribution in [0.3, 0.4) is 0 Å². The van der Waals surface area contributed by atoms with Crippen LogP contribution in [0, 0.1) is 0 Å². The average molecular weight is 550 g/mol. The quantitative estimate of drug-likeness (QED) is 0.280. The van der Waals surface area contributed by atoms with Gasteiger partial charge in [0.05, 0.1) is 11.4 Å². The van der Waals surface area contributed by atoms with Crippen molar-refractivity contribution in [2.75, 3.05) is 18.0 Å². The van der Waals surface area contributed by atoms with E-state index in [9.17, 15) is 9.59 Å². The third kappa shape index (κ3) is 7.35. The molecule has 2 amide bonds. The summed E-state index contributed by atoms with van der Waals surface area (Å²) >= 11 is 0. The molecule has 208 valence electrons. The van der Waals surface area contributed by atoms with Gasteiger partial charge in [0.2, 0.25) is 5.95 Å². The second-order valence-electron chi connectivity index (χ2n) is 8.87. The van der Waals surface area contributed by atoms with Gasteiger partial charge in [-0.05, 0) is 31.5 Å². The van der Waals surface area contributed by atoms with Crippen molar-refractivity contribution in [3.8, 4) is 28.5 Å². The van der Waals surface area contributed by atoms with E-state index in [0.717, 1.165) is 30.6 Å². The Labute approximate surface area is 237 Å². The lowest BCUT2D eigenvalue weighted by molar-refractivity contribution is 0.0987.